The third kappa shape index (κ3) is 12.0. The summed E-state index contributed by atoms with van der Waals surface area (Å²) in [6.07, 6.45) is 7.48. The Labute approximate surface area is 362 Å². The zero-order valence-corrected chi connectivity index (χ0v) is 37.6. The smallest absolute Gasteiger partial charge is 0.329 e. The minimum atomic E-state index is -2.48. The van der Waals surface area contributed by atoms with Crippen molar-refractivity contribution in [2.45, 2.75) is 167 Å². The molecular weight excluding hydrogens is 784 g/mol. The van der Waals surface area contributed by atoms with Gasteiger partial charge in [0, 0.05) is 45.1 Å². The van der Waals surface area contributed by atoms with E-state index in [2.05, 4.69) is 19.1 Å². The molecule has 5 rings (SSSR count). The van der Waals surface area contributed by atoms with E-state index in [-0.39, 0.29) is 73.2 Å². The number of hydrogen-bond donors (Lipinski definition) is 2. The highest BCUT2D eigenvalue weighted by molar-refractivity contribution is 6.39. The zero-order valence-electron chi connectivity index (χ0n) is 37.6. The zero-order chi connectivity index (χ0) is 44.6. The third-order valence-electron chi connectivity index (χ3n) is 13.6. The molecule has 0 spiro atoms. The van der Waals surface area contributed by atoms with Crippen molar-refractivity contribution in [3.8, 4) is 5.75 Å². The number of aliphatic hydroxyl groups is 1. The van der Waals surface area contributed by atoms with Gasteiger partial charge in [0.05, 0.1) is 12.2 Å². The topological polar surface area (TPSA) is 164 Å². The number of nitrogens with zero attached hydrogens (tertiary/aromatic N) is 1. The second kappa shape index (κ2) is 21.7. The van der Waals surface area contributed by atoms with Crippen molar-refractivity contribution in [2.75, 3.05) is 20.8 Å². The molecule has 1 saturated carbocycles. The highest BCUT2D eigenvalue weighted by Crippen LogP contribution is 2.39. The number of fused-ring (bicyclic) bond motifs is 3. The molecule has 13 heteroatoms. The second-order valence-electron chi connectivity index (χ2n) is 18.5. The number of esters is 1. The molecule has 1 amide bonds. The summed E-state index contributed by atoms with van der Waals surface area (Å²) in [7, 11) is 3.10. The van der Waals surface area contributed by atoms with Crippen molar-refractivity contribution in [3.05, 3.63) is 53.4 Å². The van der Waals surface area contributed by atoms with Crippen molar-refractivity contribution in [2.24, 2.45) is 35.3 Å². The van der Waals surface area contributed by atoms with Crippen LogP contribution in [0, 0.1) is 35.4 Å². The SMILES string of the molecule is CCC1C=C(C)CC(C)CC(OC)C2OC(O)(C(=O)C(=O)N3CCCCC3C(=O)OC(C(C)=CC3CCC(N)C(Oc4ccc(F)cc4)C3)C(C)CCC1=O)C(C)CC2OC. The number of hydrogen-bond acceptors (Lipinski definition) is 11. The fourth-order valence-corrected chi connectivity index (χ4v) is 10.0. The maximum Gasteiger partial charge on any atom is 0.329 e. The monoisotopic (exact) mass is 855 g/mol. The summed E-state index contributed by atoms with van der Waals surface area (Å²) in [6.45, 7) is 11.8. The summed E-state index contributed by atoms with van der Waals surface area (Å²) < 4.78 is 44.3. The number of cyclic esters (lactones) is 1. The quantitative estimate of drug-likeness (QED) is 0.164. The summed E-state index contributed by atoms with van der Waals surface area (Å²) in [4.78, 5) is 58.1. The fourth-order valence-electron chi connectivity index (χ4n) is 10.0. The van der Waals surface area contributed by atoms with Gasteiger partial charge in [0.1, 0.15) is 41.7 Å². The van der Waals surface area contributed by atoms with Gasteiger partial charge in [-0.2, -0.15) is 0 Å². The van der Waals surface area contributed by atoms with Crippen LogP contribution in [0.25, 0.3) is 0 Å². The van der Waals surface area contributed by atoms with E-state index < -0.39 is 59.8 Å². The van der Waals surface area contributed by atoms with E-state index in [1.807, 2.05) is 27.7 Å². The Morgan fingerprint density at radius 2 is 1.66 bits per heavy atom. The normalized spacial score (nSPS) is 36.9. The maximum atomic E-state index is 14.4. The molecule has 13 unspecified atom stereocenters. The highest BCUT2D eigenvalue weighted by Gasteiger charge is 2.56. The van der Waals surface area contributed by atoms with Crippen LogP contribution in [-0.4, -0.2) is 103 Å². The molecule has 1 aliphatic carbocycles. The van der Waals surface area contributed by atoms with Crippen molar-refractivity contribution < 1.29 is 52.4 Å². The van der Waals surface area contributed by atoms with Gasteiger partial charge in [0.25, 0.3) is 11.7 Å². The molecule has 340 valence electrons. The van der Waals surface area contributed by atoms with Gasteiger partial charge in [-0.05, 0) is 132 Å². The number of ether oxygens (including phenoxy) is 5. The molecule has 3 N–H and O–H groups in total. The second-order valence-corrected chi connectivity index (χ2v) is 18.5. The Morgan fingerprint density at radius 3 is 2.33 bits per heavy atom. The van der Waals surface area contributed by atoms with Crippen LogP contribution in [0.4, 0.5) is 4.39 Å². The van der Waals surface area contributed by atoms with Crippen LogP contribution in [0.3, 0.4) is 0 Å². The van der Waals surface area contributed by atoms with Gasteiger partial charge >= 0.3 is 5.97 Å². The number of allylic oxidation sites excluding steroid dienone is 3. The lowest BCUT2D eigenvalue weighted by Gasteiger charge is -2.47. The number of ketones is 2. The fraction of sp³-hybridized carbons (Fsp3) is 0.708. The molecule has 2 bridgehead atoms. The predicted octanol–water partition coefficient (Wildman–Crippen LogP) is 7.04. The molecule has 0 radical (unpaired) electrons. The van der Waals surface area contributed by atoms with Crippen LogP contribution in [0.1, 0.15) is 119 Å². The van der Waals surface area contributed by atoms with E-state index >= 15 is 0 Å². The first kappa shape index (κ1) is 48.5. The molecule has 3 heterocycles. The Kier molecular flexibility index (Phi) is 17.3. The number of methoxy groups -OCH3 is 2. The molecule has 61 heavy (non-hydrogen) atoms. The van der Waals surface area contributed by atoms with Crippen LogP contribution < -0.4 is 10.5 Å². The average molecular weight is 855 g/mol. The van der Waals surface area contributed by atoms with Crippen molar-refractivity contribution in [1.82, 2.24) is 4.90 Å². The van der Waals surface area contributed by atoms with E-state index in [0.717, 1.165) is 17.6 Å². The van der Waals surface area contributed by atoms with E-state index in [4.69, 9.17) is 29.4 Å². The van der Waals surface area contributed by atoms with Crippen LogP contribution in [-0.2, 0) is 38.1 Å². The van der Waals surface area contributed by atoms with Crippen molar-refractivity contribution in [3.63, 3.8) is 0 Å². The number of amides is 1. The molecule has 1 aromatic rings. The molecule has 0 aromatic heterocycles. The lowest BCUT2D eigenvalue weighted by atomic mass is 9.81. The van der Waals surface area contributed by atoms with Crippen molar-refractivity contribution >= 4 is 23.4 Å². The number of piperidine rings is 1. The lowest BCUT2D eigenvalue weighted by Crippen LogP contribution is -2.64. The number of carbonyl (C=O) groups excluding carboxylic acids is 4. The molecular formula is C48H71FN2O10. The molecule has 12 nitrogen and oxygen atoms in total. The van der Waals surface area contributed by atoms with E-state index in [9.17, 15) is 28.7 Å². The third-order valence-corrected chi connectivity index (χ3v) is 13.6. The summed E-state index contributed by atoms with van der Waals surface area (Å²) in [5, 5.41) is 12.1. The number of Topliss-reactive ketones (excluding diaryl/α,β-unsaturated/α-hetero) is 2. The standard InChI is InChI=1S/C48H71FN2O10/c1-9-34-23-28(2)22-29(3)24-41(57-7)44-42(58-8)26-32(6)48(56,61-44)45(53)46(54)51-21-11-10-12-38(51)47(55)60-43(30(4)13-20-39(34)52)31(5)25-33-14-19-37(50)40(27-33)59-36-17-15-35(49)16-18-36/h15-18,23,25,29-30,32-34,37-38,40-44,56H,9-14,19-22,24,26-27,50H2,1-8H3. The first-order chi connectivity index (χ1) is 29.0. The molecule has 3 aliphatic heterocycles. The van der Waals surface area contributed by atoms with Crippen LogP contribution >= 0.6 is 0 Å². The molecule has 2 saturated heterocycles. The first-order valence-electron chi connectivity index (χ1n) is 22.6. The van der Waals surface area contributed by atoms with E-state index in [1.54, 1.807) is 33.3 Å². The summed E-state index contributed by atoms with van der Waals surface area (Å²) in [5.41, 5.74) is 8.38. The Hall–Kier alpha value is -3.49. The number of rotatable bonds is 7. The highest BCUT2D eigenvalue weighted by atomic mass is 19.1. The molecule has 1 aromatic carbocycles. The largest absolute Gasteiger partial charge is 0.489 e. The minimum absolute atomic E-state index is 0.0331. The van der Waals surface area contributed by atoms with Gasteiger partial charge in [-0.1, -0.05) is 45.4 Å². The molecule has 4 aliphatic rings. The van der Waals surface area contributed by atoms with E-state index in [0.29, 0.717) is 57.1 Å². The number of carbonyl (C=O) groups is 4. The lowest BCUT2D eigenvalue weighted by molar-refractivity contribution is -0.302. The average Bonchev–Trinajstić information content (AvgIpc) is 3.24. The minimum Gasteiger partial charge on any atom is -0.489 e. The number of benzene rings is 1. The van der Waals surface area contributed by atoms with Gasteiger partial charge in [-0.15, -0.1) is 0 Å². The molecule has 13 atom stereocenters. The van der Waals surface area contributed by atoms with Gasteiger partial charge in [-0.25, -0.2) is 9.18 Å². The Bertz CT molecular complexity index is 1730. The van der Waals surface area contributed by atoms with Crippen molar-refractivity contribution in [1.29, 1.82) is 0 Å². The van der Waals surface area contributed by atoms with Gasteiger partial charge in [0.15, 0.2) is 0 Å². The maximum absolute atomic E-state index is 14.4. The first-order valence-corrected chi connectivity index (χ1v) is 22.6. The summed E-state index contributed by atoms with van der Waals surface area (Å²) >= 11 is 0. The summed E-state index contributed by atoms with van der Waals surface area (Å²) in [5.74, 6) is -6.23. The Balaban J connectivity index is 1.48. The van der Waals surface area contributed by atoms with Crippen LogP contribution in [0.2, 0.25) is 0 Å². The Morgan fingerprint density at radius 1 is 0.967 bits per heavy atom. The van der Waals surface area contributed by atoms with Gasteiger partial charge < -0.3 is 39.4 Å². The predicted molar refractivity (Wildman–Crippen MR) is 229 cm³/mol. The van der Waals surface area contributed by atoms with E-state index in [1.165, 1.54) is 17.0 Å². The van der Waals surface area contributed by atoms with Crippen LogP contribution in [0.5, 0.6) is 5.75 Å². The summed E-state index contributed by atoms with van der Waals surface area (Å²) in [6, 6.07) is 4.58. The van der Waals surface area contributed by atoms with Crippen LogP contribution in [0.15, 0.2) is 47.6 Å². The van der Waals surface area contributed by atoms with Gasteiger partial charge in [0.2, 0.25) is 5.79 Å². The number of nitrogens with two attached hydrogens (primary N) is 1. The van der Waals surface area contributed by atoms with Gasteiger partial charge in [-0.3, -0.25) is 14.4 Å². The number of halogens is 1. The molecule has 3 fully saturated rings.